The number of nitrogens with one attached hydrogen (secondary N) is 4. The number of aromatic amines is 2. The maximum Gasteiger partial charge on any atom is 0.407 e. The van der Waals surface area contributed by atoms with Gasteiger partial charge >= 0.3 is 12.2 Å². The van der Waals surface area contributed by atoms with Crippen LogP contribution < -0.4 is 10.6 Å². The van der Waals surface area contributed by atoms with Crippen LogP contribution in [0.3, 0.4) is 0 Å². The molecule has 2 aliphatic heterocycles. The molecule has 1 saturated carbocycles. The molecule has 1 aliphatic carbocycles. The van der Waals surface area contributed by atoms with Gasteiger partial charge in [0.25, 0.3) is 0 Å². The van der Waals surface area contributed by atoms with Crippen LogP contribution in [0.5, 0.6) is 0 Å². The summed E-state index contributed by atoms with van der Waals surface area (Å²) in [6, 6.07) is 11.2. The highest BCUT2D eigenvalue weighted by atomic mass is 32.1. The molecule has 5 heterocycles. The van der Waals surface area contributed by atoms with Crippen LogP contribution in [0, 0.1) is 5.92 Å². The number of imidazole rings is 2. The third kappa shape index (κ3) is 6.26. The van der Waals surface area contributed by atoms with Gasteiger partial charge in [-0.15, -0.1) is 11.3 Å². The zero-order valence-electron chi connectivity index (χ0n) is 30.0. The molecule has 14 nitrogen and oxygen atoms in total. The first-order valence-electron chi connectivity index (χ1n) is 18.0. The first-order chi connectivity index (χ1) is 25.6. The molecule has 5 aromatic rings. The van der Waals surface area contributed by atoms with Crippen molar-refractivity contribution in [3.63, 3.8) is 0 Å². The fraction of sp³-hybridized carbons (Fsp3) is 0.421. The normalized spacial score (nSPS) is 22.0. The van der Waals surface area contributed by atoms with Gasteiger partial charge in [0.05, 0.1) is 50.1 Å². The van der Waals surface area contributed by atoms with Crippen LogP contribution in [0.4, 0.5) is 9.59 Å². The molecule has 8 rings (SSSR count). The number of amides is 4. The fourth-order valence-corrected chi connectivity index (χ4v) is 9.62. The number of fused-ring (bicyclic) bond motifs is 5. The summed E-state index contributed by atoms with van der Waals surface area (Å²) < 4.78 is 11.7. The average Bonchev–Trinajstić information content (AvgIpc) is 4.02. The van der Waals surface area contributed by atoms with E-state index in [1.807, 2.05) is 17.3 Å². The van der Waals surface area contributed by atoms with Crippen molar-refractivity contribution in [2.24, 2.45) is 5.92 Å². The topological polar surface area (TPSA) is 175 Å². The SMILES string of the molecule is COC(=O)N[C@@H](C)C(=O)N1CCC[C@H]1c1ncc(-c2ccc3c(c2)sc2cc(-c4cnc([C@@H]5[C@H]6CC[C@H](C6)N5C(=O)[C@H](C)NC(=O)OC)[nH]4)ccc23)[nH]1.[HH]. The molecule has 15 heteroatoms. The summed E-state index contributed by atoms with van der Waals surface area (Å²) in [6.45, 7) is 3.94. The smallest absolute Gasteiger partial charge is 0.407 e. The first kappa shape index (κ1) is 34.6. The minimum Gasteiger partial charge on any atom is -0.453 e. The summed E-state index contributed by atoms with van der Waals surface area (Å²) in [4.78, 5) is 70.4. The van der Waals surface area contributed by atoms with E-state index in [4.69, 9.17) is 9.72 Å². The average molecular weight is 741 g/mol. The number of alkyl carbamates (subject to hydrolysis) is 2. The van der Waals surface area contributed by atoms with Crippen LogP contribution in [0.1, 0.15) is 71.1 Å². The first-order valence-corrected chi connectivity index (χ1v) is 18.8. The molecule has 0 radical (unpaired) electrons. The Morgan fingerprint density at radius 1 is 0.830 bits per heavy atom. The molecule has 278 valence electrons. The molecular formula is C38H44N8O6S. The van der Waals surface area contributed by atoms with Crippen molar-refractivity contribution in [1.82, 2.24) is 40.4 Å². The van der Waals surface area contributed by atoms with Crippen molar-refractivity contribution in [3.05, 3.63) is 60.4 Å². The third-order valence-electron chi connectivity index (χ3n) is 11.0. The van der Waals surface area contributed by atoms with Gasteiger partial charge in [-0.3, -0.25) is 9.59 Å². The standard InChI is InChI=1S/C38H42N8O6S.H2/c1-19(41-37(49)51-3)35(47)45-13-5-6-29(45)33-39-17-27(43-33)21-8-11-25-26-12-9-22(16-31(26)53-30(25)15-21)28-18-40-34(44-28)32-23-7-10-24(14-23)46(32)36(48)20(2)42-38(50)52-4;/h8-9,11-12,15-20,23-24,29,32H,5-7,10,13-14H2,1-4H3,(H,39,43)(H,40,44)(H,41,49)(H,42,50);1H/t19-,20-,23-,24+,29-,32-;/m0./s1. The van der Waals surface area contributed by atoms with Crippen LogP contribution in [0.25, 0.3) is 42.7 Å². The maximum atomic E-state index is 13.5. The van der Waals surface area contributed by atoms with E-state index in [-0.39, 0.29) is 31.4 Å². The Kier molecular flexibility index (Phi) is 9.05. The van der Waals surface area contributed by atoms with E-state index in [9.17, 15) is 19.2 Å². The minimum absolute atomic E-state index is 0. The molecule has 2 saturated heterocycles. The number of benzene rings is 2. The van der Waals surface area contributed by atoms with Crippen molar-refractivity contribution in [3.8, 4) is 22.5 Å². The number of carbonyl (C=O) groups is 4. The summed E-state index contributed by atoms with van der Waals surface area (Å²) in [5, 5.41) is 7.52. The van der Waals surface area contributed by atoms with E-state index < -0.39 is 24.3 Å². The number of aromatic nitrogens is 4. The van der Waals surface area contributed by atoms with Gasteiger partial charge in [-0.2, -0.15) is 0 Å². The number of piperidine rings is 1. The number of carbonyl (C=O) groups excluding carboxylic acids is 4. The van der Waals surface area contributed by atoms with Gasteiger partial charge in [-0.25, -0.2) is 19.6 Å². The van der Waals surface area contributed by atoms with Crippen molar-refractivity contribution in [2.75, 3.05) is 20.8 Å². The lowest BCUT2D eigenvalue weighted by Gasteiger charge is -2.36. The number of H-pyrrole nitrogens is 2. The molecule has 53 heavy (non-hydrogen) atoms. The number of ether oxygens (including phenoxy) is 2. The Labute approximate surface area is 311 Å². The lowest BCUT2D eigenvalue weighted by Crippen LogP contribution is -2.50. The zero-order valence-corrected chi connectivity index (χ0v) is 30.8. The highest BCUT2D eigenvalue weighted by molar-refractivity contribution is 7.25. The monoisotopic (exact) mass is 740 g/mol. The van der Waals surface area contributed by atoms with E-state index in [0.717, 1.165) is 86.4 Å². The number of rotatable bonds is 8. The summed E-state index contributed by atoms with van der Waals surface area (Å²) >= 11 is 1.72. The second-order valence-electron chi connectivity index (χ2n) is 14.2. The largest absolute Gasteiger partial charge is 0.453 e. The highest BCUT2D eigenvalue weighted by Crippen LogP contribution is 2.50. The molecule has 4 N–H and O–H groups in total. The second-order valence-corrected chi connectivity index (χ2v) is 15.3. The Hall–Kier alpha value is -5.44. The van der Waals surface area contributed by atoms with Gasteiger partial charge < -0.3 is 39.9 Å². The molecule has 3 fully saturated rings. The van der Waals surface area contributed by atoms with Crippen molar-refractivity contribution < 1.29 is 30.1 Å². The lowest BCUT2D eigenvalue weighted by atomic mass is 9.97. The fourth-order valence-electron chi connectivity index (χ4n) is 8.44. The number of methoxy groups -OCH3 is 2. The van der Waals surface area contributed by atoms with Crippen molar-refractivity contribution >= 4 is 55.5 Å². The molecule has 4 amide bonds. The third-order valence-corrected chi connectivity index (χ3v) is 12.2. The van der Waals surface area contributed by atoms with Crippen molar-refractivity contribution in [1.29, 1.82) is 0 Å². The molecule has 2 aromatic carbocycles. The number of hydrogen-bond donors (Lipinski definition) is 4. The number of nitrogens with zero attached hydrogens (tertiary/aromatic N) is 4. The van der Waals surface area contributed by atoms with Gasteiger partial charge in [0.1, 0.15) is 23.7 Å². The van der Waals surface area contributed by atoms with Gasteiger partial charge in [-0.1, -0.05) is 24.3 Å². The number of thiophene rings is 1. The summed E-state index contributed by atoms with van der Waals surface area (Å²) in [5.41, 5.74) is 3.76. The van der Waals surface area contributed by atoms with Crippen molar-refractivity contribution in [2.45, 2.75) is 76.2 Å². The lowest BCUT2D eigenvalue weighted by molar-refractivity contribution is -0.137. The van der Waals surface area contributed by atoms with Crippen LogP contribution in [0.15, 0.2) is 48.8 Å². The summed E-state index contributed by atoms with van der Waals surface area (Å²) in [7, 11) is 2.56. The maximum absolute atomic E-state index is 13.5. The van der Waals surface area contributed by atoms with E-state index in [2.05, 4.69) is 66.7 Å². The summed E-state index contributed by atoms with van der Waals surface area (Å²) in [6.07, 6.45) is 6.95. The van der Waals surface area contributed by atoms with E-state index in [1.54, 1.807) is 30.1 Å². The molecule has 3 aliphatic rings. The van der Waals surface area contributed by atoms with Gasteiger partial charge in [0.2, 0.25) is 11.8 Å². The molecule has 0 spiro atoms. The van der Waals surface area contributed by atoms with Gasteiger partial charge in [0.15, 0.2) is 0 Å². The molecular weight excluding hydrogens is 697 g/mol. The van der Waals surface area contributed by atoms with E-state index in [0.29, 0.717) is 12.5 Å². The molecule has 2 bridgehead atoms. The van der Waals surface area contributed by atoms with Crippen LogP contribution in [-0.4, -0.2) is 92.6 Å². The number of hydrogen-bond acceptors (Lipinski definition) is 9. The Bertz CT molecular complexity index is 2230. The van der Waals surface area contributed by atoms with Gasteiger partial charge in [0, 0.05) is 45.3 Å². The summed E-state index contributed by atoms with van der Waals surface area (Å²) in [5.74, 6) is 1.51. The van der Waals surface area contributed by atoms with Crippen LogP contribution in [0.2, 0.25) is 0 Å². The molecule has 0 unspecified atom stereocenters. The number of likely N-dealkylation sites (tertiary alicyclic amines) is 2. The predicted octanol–water partition coefficient (Wildman–Crippen LogP) is 6.29. The Morgan fingerprint density at radius 2 is 1.42 bits per heavy atom. The zero-order chi connectivity index (χ0) is 37.0. The van der Waals surface area contributed by atoms with Crippen LogP contribution >= 0.6 is 11.3 Å². The highest BCUT2D eigenvalue weighted by Gasteiger charge is 2.50. The second kappa shape index (κ2) is 13.8. The Balaban J connectivity index is 0.00000450. The van der Waals surface area contributed by atoms with Crippen LogP contribution in [-0.2, 0) is 19.1 Å². The minimum atomic E-state index is -0.709. The van der Waals surface area contributed by atoms with Gasteiger partial charge in [-0.05, 0) is 64.0 Å². The van der Waals surface area contributed by atoms with E-state index in [1.165, 1.54) is 14.2 Å². The molecule has 3 aromatic heterocycles. The molecule has 6 atom stereocenters. The van der Waals surface area contributed by atoms with E-state index >= 15 is 0 Å². The quantitative estimate of drug-likeness (QED) is 0.144. The Morgan fingerprint density at radius 3 is 2.04 bits per heavy atom. The predicted molar refractivity (Wildman–Crippen MR) is 201 cm³/mol.